The Morgan fingerprint density at radius 3 is 2.10 bits per heavy atom. The second kappa shape index (κ2) is 16.6. The fourth-order valence-corrected chi connectivity index (χ4v) is 3.69. The van der Waals surface area contributed by atoms with Gasteiger partial charge < -0.3 is 10.4 Å². The van der Waals surface area contributed by atoms with Crippen molar-refractivity contribution in [2.45, 2.75) is 72.8 Å². The quantitative estimate of drug-likeness (QED) is 0.0985. The monoisotopic (exact) mass is 453 g/mol. The average Bonchev–Trinajstić information content (AvgIpc) is 2.68. The summed E-state index contributed by atoms with van der Waals surface area (Å²) in [5.41, 5.74) is 6.08. The van der Waals surface area contributed by atoms with E-state index in [4.69, 9.17) is 10.9 Å². The molecule has 0 aliphatic heterocycles. The molecule has 0 rings (SSSR count). The van der Waals surface area contributed by atoms with Gasteiger partial charge in [-0.05, 0) is 53.4 Å². The number of thioether (sulfide) groups is 1. The second-order valence-electron chi connectivity index (χ2n) is 8.07. The summed E-state index contributed by atoms with van der Waals surface area (Å²) in [6.07, 6.45) is 10.5. The predicted molar refractivity (Wildman–Crippen MR) is 128 cm³/mol. The van der Waals surface area contributed by atoms with Crippen molar-refractivity contribution in [3.8, 4) is 0 Å². The number of hydrogen-bond acceptors (Lipinski definition) is 5. The van der Waals surface area contributed by atoms with Crippen LogP contribution < -0.4 is 16.6 Å². The molecular weight excluding hydrogens is 414 g/mol. The molecule has 0 saturated heterocycles. The van der Waals surface area contributed by atoms with E-state index in [1.54, 1.807) is 0 Å². The van der Waals surface area contributed by atoms with Crippen LogP contribution in [0.25, 0.3) is 0 Å². The van der Waals surface area contributed by atoms with Crippen LogP contribution >= 0.6 is 11.8 Å². The van der Waals surface area contributed by atoms with E-state index in [1.807, 2.05) is 0 Å². The lowest BCUT2D eigenvalue weighted by Crippen LogP contribution is -2.51. The molecule has 7 nitrogen and oxygen atoms in total. The summed E-state index contributed by atoms with van der Waals surface area (Å²) in [6, 6.07) is -0.807. The summed E-state index contributed by atoms with van der Waals surface area (Å²) >= 11 is 1.51. The Hall–Kier alpha value is -2.06. The first-order valence-corrected chi connectivity index (χ1v) is 11.8. The summed E-state index contributed by atoms with van der Waals surface area (Å²) < 4.78 is 0. The van der Waals surface area contributed by atoms with E-state index in [0.717, 1.165) is 25.7 Å². The fraction of sp³-hybridized carbons (Fsp3) is 0.609. The molecule has 31 heavy (non-hydrogen) atoms. The van der Waals surface area contributed by atoms with Gasteiger partial charge in [-0.3, -0.25) is 19.8 Å². The summed E-state index contributed by atoms with van der Waals surface area (Å²) in [4.78, 5) is 34.8. The number of carbonyl (C=O) groups excluding carboxylic acids is 2. The third-order valence-corrected chi connectivity index (χ3v) is 5.63. The van der Waals surface area contributed by atoms with Crippen LogP contribution in [0.1, 0.15) is 66.7 Å². The molecule has 0 aliphatic rings. The third kappa shape index (κ3) is 15.4. The van der Waals surface area contributed by atoms with Gasteiger partial charge in [-0.2, -0.15) is 11.8 Å². The molecule has 0 unspecified atom stereocenters. The largest absolute Gasteiger partial charge is 0.481 e. The Morgan fingerprint density at radius 2 is 1.55 bits per heavy atom. The maximum absolute atomic E-state index is 12.1. The number of rotatable bonds is 15. The first-order valence-electron chi connectivity index (χ1n) is 10.6. The molecule has 176 valence electrons. The second-order valence-corrected chi connectivity index (χ2v) is 9.14. The van der Waals surface area contributed by atoms with E-state index >= 15 is 0 Å². The molecular formula is C23H39N3O4S. The van der Waals surface area contributed by atoms with Crippen molar-refractivity contribution in [1.82, 2.24) is 10.7 Å². The number of nitrogens with two attached hydrogens (primary N) is 1. The molecule has 8 heteroatoms. The van der Waals surface area contributed by atoms with Crippen LogP contribution in [0, 0.1) is 5.92 Å². The first kappa shape index (κ1) is 28.9. The highest BCUT2D eigenvalue weighted by Gasteiger charge is 2.24. The van der Waals surface area contributed by atoms with Gasteiger partial charge in [-0.15, -0.1) is 0 Å². The molecule has 0 fully saturated rings. The highest BCUT2D eigenvalue weighted by Crippen LogP contribution is 2.13. The number of hydrazine groups is 1. The van der Waals surface area contributed by atoms with Crippen molar-refractivity contribution in [2.24, 2.45) is 11.8 Å². The van der Waals surface area contributed by atoms with E-state index in [2.05, 4.69) is 56.7 Å². The summed E-state index contributed by atoms with van der Waals surface area (Å²) in [5, 5.41) is 11.4. The van der Waals surface area contributed by atoms with Gasteiger partial charge in [-0.25, -0.2) is 5.84 Å². The number of carboxylic acids is 1. The number of aliphatic carboxylic acids is 1. The highest BCUT2D eigenvalue weighted by atomic mass is 32.2. The first-order chi connectivity index (χ1) is 14.6. The normalized spacial score (nSPS) is 13.9. The van der Waals surface area contributed by atoms with E-state index in [0.29, 0.717) is 11.5 Å². The van der Waals surface area contributed by atoms with Crippen molar-refractivity contribution in [3.63, 3.8) is 0 Å². The van der Waals surface area contributed by atoms with Crippen LogP contribution in [0.4, 0.5) is 0 Å². The maximum atomic E-state index is 12.1. The molecule has 0 saturated carbocycles. The van der Waals surface area contributed by atoms with Crippen LogP contribution in [0.3, 0.4) is 0 Å². The minimum absolute atomic E-state index is 0.291. The predicted octanol–water partition coefficient (Wildman–Crippen LogP) is 3.72. The molecule has 0 aromatic rings. The van der Waals surface area contributed by atoms with Crippen molar-refractivity contribution in [3.05, 3.63) is 34.9 Å². The van der Waals surface area contributed by atoms with Crippen molar-refractivity contribution in [1.29, 1.82) is 0 Å². The Labute approximate surface area is 191 Å². The standard InChI is InChI=1S/C23H39N3O4S/c1-16(2)8-6-9-17(3)10-7-11-18(4)12-13-31-15-20(23(30)26-24)25-22(29)19(5)14-21(27)28/h8,10,12,19-20H,6-7,9,11,13-15,24H2,1-5H3,(H,25,29)(H,26,30)(H,27,28)/t19-,20-/m0/s1. The van der Waals surface area contributed by atoms with Gasteiger partial charge in [-0.1, -0.05) is 41.9 Å². The Morgan fingerprint density at radius 1 is 0.968 bits per heavy atom. The zero-order valence-corrected chi connectivity index (χ0v) is 20.3. The lowest BCUT2D eigenvalue weighted by Gasteiger charge is -2.18. The van der Waals surface area contributed by atoms with Crippen LogP contribution in [0.15, 0.2) is 34.9 Å². The zero-order chi connectivity index (χ0) is 23.8. The van der Waals surface area contributed by atoms with Crippen LogP contribution in [0.5, 0.6) is 0 Å². The molecule has 0 aromatic carbocycles. The summed E-state index contributed by atoms with van der Waals surface area (Å²) in [7, 11) is 0. The zero-order valence-electron chi connectivity index (χ0n) is 19.5. The van der Waals surface area contributed by atoms with Gasteiger partial charge in [0.2, 0.25) is 5.91 Å². The number of nitrogens with one attached hydrogen (secondary N) is 2. The topological polar surface area (TPSA) is 122 Å². The minimum atomic E-state index is -1.06. The lowest BCUT2D eigenvalue weighted by atomic mass is 10.1. The smallest absolute Gasteiger partial charge is 0.304 e. The molecule has 0 aromatic heterocycles. The number of carbonyl (C=O) groups is 3. The van der Waals surface area contributed by atoms with Gasteiger partial charge in [0.1, 0.15) is 6.04 Å². The van der Waals surface area contributed by atoms with Gasteiger partial charge in [0.05, 0.1) is 6.42 Å². The number of amides is 2. The molecule has 5 N–H and O–H groups in total. The summed E-state index contributed by atoms with van der Waals surface area (Å²) in [6.45, 7) is 10.00. The van der Waals surface area contributed by atoms with Crippen molar-refractivity contribution in [2.75, 3.05) is 11.5 Å². The molecule has 0 heterocycles. The number of allylic oxidation sites excluding steroid dienone is 5. The van der Waals surface area contributed by atoms with Gasteiger partial charge in [0, 0.05) is 17.4 Å². The lowest BCUT2D eigenvalue weighted by molar-refractivity contribution is -0.141. The molecule has 0 bridgehead atoms. The molecule has 2 amide bonds. The SMILES string of the molecule is CC(C)=CCCC(C)=CCCC(C)=CCSC[C@H](NC(=O)[C@@H](C)CC(=O)O)C(=O)NN. The average molecular weight is 454 g/mol. The van der Waals surface area contributed by atoms with Crippen molar-refractivity contribution >= 4 is 29.5 Å². The maximum Gasteiger partial charge on any atom is 0.304 e. The number of carboxylic acid groups (broad SMARTS) is 1. The van der Waals surface area contributed by atoms with Crippen molar-refractivity contribution < 1.29 is 19.5 Å². The molecule has 2 atom stereocenters. The molecule has 0 spiro atoms. The van der Waals surface area contributed by atoms with E-state index < -0.39 is 29.7 Å². The van der Waals surface area contributed by atoms with Crippen LogP contribution in [0.2, 0.25) is 0 Å². The minimum Gasteiger partial charge on any atom is -0.481 e. The Kier molecular flexibility index (Phi) is 15.5. The van der Waals surface area contributed by atoms with Gasteiger partial charge >= 0.3 is 5.97 Å². The summed E-state index contributed by atoms with van der Waals surface area (Å²) in [5.74, 6) is 3.50. The Balaban J connectivity index is 4.43. The van der Waals surface area contributed by atoms with Gasteiger partial charge in [0.15, 0.2) is 0 Å². The van der Waals surface area contributed by atoms with Crippen LogP contribution in [-0.4, -0.2) is 40.4 Å². The van der Waals surface area contributed by atoms with E-state index in [9.17, 15) is 14.4 Å². The highest BCUT2D eigenvalue weighted by molar-refractivity contribution is 7.99. The molecule has 0 radical (unpaired) electrons. The third-order valence-electron chi connectivity index (χ3n) is 4.66. The van der Waals surface area contributed by atoms with E-state index in [1.165, 1.54) is 35.4 Å². The fourth-order valence-electron chi connectivity index (χ4n) is 2.68. The van der Waals surface area contributed by atoms with Gasteiger partial charge in [0.25, 0.3) is 5.91 Å². The van der Waals surface area contributed by atoms with E-state index in [-0.39, 0.29) is 6.42 Å². The number of hydrogen-bond donors (Lipinski definition) is 4. The molecule has 0 aliphatic carbocycles. The Bertz CT molecular complexity index is 682. The van der Waals surface area contributed by atoms with Crippen LogP contribution in [-0.2, 0) is 14.4 Å².